The summed E-state index contributed by atoms with van der Waals surface area (Å²) in [5.74, 6) is 1.22. The van der Waals surface area contributed by atoms with Gasteiger partial charge in [-0.2, -0.15) is 0 Å². The lowest BCUT2D eigenvalue weighted by atomic mass is 10.4. The first-order chi connectivity index (χ1) is 9.00. The Kier molecular flexibility index (Phi) is 4.20. The maximum atomic E-state index is 11.5. The van der Waals surface area contributed by atoms with Gasteiger partial charge in [-0.3, -0.25) is 0 Å². The lowest BCUT2D eigenvalue weighted by Gasteiger charge is -2.20. The topological polar surface area (TPSA) is 75.6 Å². The van der Waals surface area contributed by atoms with E-state index in [1.165, 1.54) is 10.6 Å². The van der Waals surface area contributed by atoms with Crippen LogP contribution in [0.3, 0.4) is 0 Å². The van der Waals surface area contributed by atoms with Crippen molar-refractivity contribution in [2.24, 2.45) is 0 Å². The number of sulfonamides is 1. The number of aromatic nitrogens is 2. The molecule has 0 N–H and O–H groups in total. The Balaban J connectivity index is 2.06. The van der Waals surface area contributed by atoms with Crippen LogP contribution in [0.4, 0.5) is 5.95 Å². The molecule has 0 unspecified atom stereocenters. The third-order valence-electron chi connectivity index (χ3n) is 3.06. The fourth-order valence-corrected chi connectivity index (χ4v) is 2.88. The maximum Gasteiger partial charge on any atom is 0.225 e. The molecule has 19 heavy (non-hydrogen) atoms. The fraction of sp³-hybridized carbons (Fsp3) is 0.636. The molecule has 0 radical (unpaired) electrons. The predicted octanol–water partition coefficient (Wildman–Crippen LogP) is -0.0431. The number of hydrogen-bond acceptors (Lipinski definition) is 6. The largest absolute Gasteiger partial charge is 0.494 e. The zero-order valence-electron chi connectivity index (χ0n) is 11.1. The molecule has 0 bridgehead atoms. The molecule has 0 spiro atoms. The molecule has 2 heterocycles. The van der Waals surface area contributed by atoms with E-state index in [-0.39, 0.29) is 0 Å². The van der Waals surface area contributed by atoms with E-state index in [0.717, 1.165) is 13.0 Å². The summed E-state index contributed by atoms with van der Waals surface area (Å²) in [6.45, 7) is 2.36. The van der Waals surface area contributed by atoms with Crippen molar-refractivity contribution in [3.8, 4) is 5.75 Å². The second-order valence-electron chi connectivity index (χ2n) is 4.43. The Morgan fingerprint density at radius 3 is 2.42 bits per heavy atom. The van der Waals surface area contributed by atoms with Gasteiger partial charge in [0.05, 0.1) is 25.8 Å². The first kappa shape index (κ1) is 14.0. The molecule has 2 rings (SSSR count). The molecular weight excluding hydrogens is 268 g/mol. The van der Waals surface area contributed by atoms with Gasteiger partial charge in [0, 0.05) is 26.2 Å². The molecule has 1 aromatic heterocycles. The molecule has 0 aliphatic carbocycles. The summed E-state index contributed by atoms with van der Waals surface area (Å²) in [4.78, 5) is 10.4. The van der Waals surface area contributed by atoms with Crippen molar-refractivity contribution in [2.45, 2.75) is 6.42 Å². The van der Waals surface area contributed by atoms with E-state index < -0.39 is 10.0 Å². The van der Waals surface area contributed by atoms with Crippen LogP contribution in [-0.2, 0) is 10.0 Å². The number of ether oxygens (including phenoxy) is 1. The van der Waals surface area contributed by atoms with Gasteiger partial charge in [0.1, 0.15) is 0 Å². The molecular formula is C11H18N4O3S. The second kappa shape index (κ2) is 5.70. The van der Waals surface area contributed by atoms with Gasteiger partial charge in [-0.15, -0.1) is 0 Å². The number of rotatable bonds is 3. The first-order valence-electron chi connectivity index (χ1n) is 6.07. The van der Waals surface area contributed by atoms with Gasteiger partial charge in [-0.1, -0.05) is 0 Å². The average Bonchev–Trinajstić information content (AvgIpc) is 2.64. The van der Waals surface area contributed by atoms with Gasteiger partial charge in [0.15, 0.2) is 5.75 Å². The van der Waals surface area contributed by atoms with Gasteiger partial charge in [0.25, 0.3) is 0 Å². The summed E-state index contributed by atoms with van der Waals surface area (Å²) in [5.41, 5.74) is 0. The summed E-state index contributed by atoms with van der Waals surface area (Å²) < 4.78 is 29.6. The van der Waals surface area contributed by atoms with E-state index in [9.17, 15) is 8.42 Å². The van der Waals surface area contributed by atoms with Crippen molar-refractivity contribution < 1.29 is 13.2 Å². The van der Waals surface area contributed by atoms with E-state index in [1.54, 1.807) is 19.5 Å². The molecule has 8 heteroatoms. The molecule has 0 amide bonds. The Morgan fingerprint density at radius 1 is 1.16 bits per heavy atom. The van der Waals surface area contributed by atoms with Gasteiger partial charge in [0.2, 0.25) is 16.0 Å². The number of methoxy groups -OCH3 is 1. The van der Waals surface area contributed by atoms with Crippen LogP contribution >= 0.6 is 0 Å². The number of nitrogens with zero attached hydrogens (tertiary/aromatic N) is 4. The van der Waals surface area contributed by atoms with Gasteiger partial charge in [-0.25, -0.2) is 22.7 Å². The second-order valence-corrected chi connectivity index (χ2v) is 6.41. The minimum absolute atomic E-state index is 0.466. The summed E-state index contributed by atoms with van der Waals surface area (Å²) in [6.07, 6.45) is 5.23. The number of anilines is 1. The highest BCUT2D eigenvalue weighted by Crippen LogP contribution is 2.14. The Hall–Kier alpha value is -1.41. The molecule has 1 saturated heterocycles. The molecule has 0 saturated carbocycles. The Labute approximate surface area is 113 Å². The van der Waals surface area contributed by atoms with Crippen molar-refractivity contribution in [3.63, 3.8) is 0 Å². The third kappa shape index (κ3) is 3.54. The van der Waals surface area contributed by atoms with Crippen molar-refractivity contribution in [1.29, 1.82) is 0 Å². The van der Waals surface area contributed by atoms with Crippen LogP contribution in [-0.4, -0.2) is 62.2 Å². The summed E-state index contributed by atoms with van der Waals surface area (Å²) in [7, 11) is -1.56. The quantitative estimate of drug-likeness (QED) is 0.776. The highest BCUT2D eigenvalue weighted by Gasteiger charge is 2.22. The minimum atomic E-state index is -3.12. The van der Waals surface area contributed by atoms with Gasteiger partial charge < -0.3 is 9.64 Å². The van der Waals surface area contributed by atoms with Gasteiger partial charge >= 0.3 is 0 Å². The Bertz CT molecular complexity index is 517. The zero-order valence-corrected chi connectivity index (χ0v) is 11.9. The SMILES string of the molecule is COc1cnc(N2CCCN(S(C)(=O)=O)CC2)nc1. The van der Waals surface area contributed by atoms with Crippen LogP contribution in [0.1, 0.15) is 6.42 Å². The smallest absolute Gasteiger partial charge is 0.225 e. The number of hydrogen-bond donors (Lipinski definition) is 0. The summed E-state index contributed by atoms with van der Waals surface area (Å²) >= 11 is 0. The van der Waals surface area contributed by atoms with Crippen LogP contribution in [0, 0.1) is 0 Å². The van der Waals surface area contributed by atoms with Crippen LogP contribution in [0.2, 0.25) is 0 Å². The van der Waals surface area contributed by atoms with Crippen LogP contribution in [0.25, 0.3) is 0 Å². The first-order valence-corrected chi connectivity index (χ1v) is 7.91. The lowest BCUT2D eigenvalue weighted by molar-refractivity contribution is 0.410. The normalized spacial score (nSPS) is 18.1. The van der Waals surface area contributed by atoms with Crippen LogP contribution in [0.5, 0.6) is 5.75 Å². The minimum Gasteiger partial charge on any atom is -0.494 e. The molecule has 106 valence electrons. The molecule has 1 aliphatic heterocycles. The highest BCUT2D eigenvalue weighted by atomic mass is 32.2. The van der Waals surface area contributed by atoms with Crippen LogP contribution < -0.4 is 9.64 Å². The molecule has 0 aromatic carbocycles. The molecule has 1 fully saturated rings. The molecule has 0 atom stereocenters. The van der Waals surface area contributed by atoms with Crippen LogP contribution in [0.15, 0.2) is 12.4 Å². The third-order valence-corrected chi connectivity index (χ3v) is 4.36. The highest BCUT2D eigenvalue weighted by molar-refractivity contribution is 7.88. The fourth-order valence-electron chi connectivity index (χ4n) is 2.00. The Morgan fingerprint density at radius 2 is 1.84 bits per heavy atom. The standard InChI is InChI=1S/C11H18N4O3S/c1-18-10-8-12-11(13-9-10)14-4-3-5-15(7-6-14)19(2,16)17/h8-9H,3-7H2,1-2H3. The van der Waals surface area contributed by atoms with Crippen molar-refractivity contribution >= 4 is 16.0 Å². The average molecular weight is 286 g/mol. The van der Waals surface area contributed by atoms with E-state index in [0.29, 0.717) is 31.3 Å². The molecule has 1 aromatic rings. The molecule has 7 nitrogen and oxygen atoms in total. The predicted molar refractivity (Wildman–Crippen MR) is 71.8 cm³/mol. The van der Waals surface area contributed by atoms with E-state index in [2.05, 4.69) is 9.97 Å². The molecule has 1 aliphatic rings. The summed E-state index contributed by atoms with van der Waals surface area (Å²) in [5, 5.41) is 0. The van der Waals surface area contributed by atoms with E-state index >= 15 is 0 Å². The summed E-state index contributed by atoms with van der Waals surface area (Å²) in [6, 6.07) is 0. The lowest BCUT2D eigenvalue weighted by Crippen LogP contribution is -2.34. The van der Waals surface area contributed by atoms with Crippen molar-refractivity contribution in [1.82, 2.24) is 14.3 Å². The zero-order chi connectivity index (χ0) is 13.9. The van der Waals surface area contributed by atoms with E-state index in [4.69, 9.17) is 4.74 Å². The monoisotopic (exact) mass is 286 g/mol. The van der Waals surface area contributed by atoms with Gasteiger partial charge in [-0.05, 0) is 6.42 Å². The van der Waals surface area contributed by atoms with Crippen molar-refractivity contribution in [3.05, 3.63) is 12.4 Å². The maximum absolute atomic E-state index is 11.5. The van der Waals surface area contributed by atoms with Crippen molar-refractivity contribution in [2.75, 3.05) is 44.4 Å². The van der Waals surface area contributed by atoms with E-state index in [1.807, 2.05) is 4.90 Å².